The second-order valence-corrected chi connectivity index (χ2v) is 7.56. The van der Waals surface area contributed by atoms with Gasteiger partial charge in [0.2, 0.25) is 0 Å². The van der Waals surface area contributed by atoms with Gasteiger partial charge >= 0.3 is 0 Å². The van der Waals surface area contributed by atoms with Gasteiger partial charge in [-0.2, -0.15) is 0 Å². The molecule has 3 heteroatoms. The molecule has 0 radical (unpaired) electrons. The van der Waals surface area contributed by atoms with E-state index in [4.69, 9.17) is 0 Å². The molecular formula is C18H20BrNS. The minimum absolute atomic E-state index is 0.753. The van der Waals surface area contributed by atoms with Crippen molar-refractivity contribution in [2.45, 2.75) is 43.0 Å². The van der Waals surface area contributed by atoms with Crippen molar-refractivity contribution >= 4 is 27.7 Å². The van der Waals surface area contributed by atoms with Crippen molar-refractivity contribution in [1.82, 2.24) is 5.32 Å². The summed E-state index contributed by atoms with van der Waals surface area (Å²) in [5, 5.41) is 3.61. The number of nitrogens with one attached hydrogen (secondary N) is 1. The van der Waals surface area contributed by atoms with Crippen LogP contribution in [0.15, 0.2) is 51.8 Å². The van der Waals surface area contributed by atoms with E-state index >= 15 is 0 Å². The first kappa shape index (κ1) is 15.1. The summed E-state index contributed by atoms with van der Waals surface area (Å²) in [5.41, 5.74) is 4.20. The van der Waals surface area contributed by atoms with E-state index in [9.17, 15) is 0 Å². The van der Waals surface area contributed by atoms with Crippen molar-refractivity contribution in [1.29, 1.82) is 0 Å². The fraction of sp³-hybridized carbons (Fsp3) is 0.333. The van der Waals surface area contributed by atoms with Gasteiger partial charge in [-0.15, -0.1) is 11.8 Å². The zero-order valence-corrected chi connectivity index (χ0v) is 14.6. The predicted octanol–water partition coefficient (Wildman–Crippen LogP) is 5.30. The zero-order chi connectivity index (χ0) is 14.7. The summed E-state index contributed by atoms with van der Waals surface area (Å²) in [6, 6.07) is 16.0. The Bertz CT molecular complexity index is 622. The van der Waals surface area contributed by atoms with E-state index in [2.05, 4.69) is 70.6 Å². The Morgan fingerprint density at radius 3 is 2.71 bits per heavy atom. The van der Waals surface area contributed by atoms with E-state index in [1.807, 2.05) is 11.8 Å². The average molecular weight is 362 g/mol. The number of thioether (sulfide) groups is 1. The minimum atomic E-state index is 0.753. The largest absolute Gasteiger partial charge is 0.310 e. The number of hydrogen-bond donors (Lipinski definition) is 1. The van der Waals surface area contributed by atoms with Gasteiger partial charge in [0.05, 0.1) is 0 Å². The second kappa shape index (κ2) is 6.99. The number of rotatable bonds is 6. The lowest BCUT2D eigenvalue weighted by atomic mass is 10.1. The summed E-state index contributed by atoms with van der Waals surface area (Å²) in [6.45, 7) is 3.17. The third-order valence-corrected chi connectivity index (χ3v) is 5.47. The highest BCUT2D eigenvalue weighted by molar-refractivity contribution is 9.10. The van der Waals surface area contributed by atoms with Crippen LogP contribution in [0, 0.1) is 6.92 Å². The van der Waals surface area contributed by atoms with Gasteiger partial charge in [-0.05, 0) is 48.6 Å². The summed E-state index contributed by atoms with van der Waals surface area (Å²) in [5.74, 6) is 1.03. The summed E-state index contributed by atoms with van der Waals surface area (Å²) in [7, 11) is 0. The maximum Gasteiger partial charge on any atom is 0.0234 e. The lowest BCUT2D eigenvalue weighted by Crippen LogP contribution is -2.15. The molecule has 0 amide bonds. The van der Waals surface area contributed by atoms with E-state index < -0.39 is 0 Å². The Kier molecular flexibility index (Phi) is 5.04. The van der Waals surface area contributed by atoms with E-state index in [0.717, 1.165) is 22.8 Å². The van der Waals surface area contributed by atoms with Crippen LogP contribution in [0.1, 0.15) is 29.5 Å². The van der Waals surface area contributed by atoms with Crippen LogP contribution in [0.25, 0.3) is 0 Å². The number of hydrogen-bond acceptors (Lipinski definition) is 2. The second-order valence-electron chi connectivity index (χ2n) is 5.62. The molecule has 1 aliphatic rings. The number of halogens is 1. The Morgan fingerprint density at radius 2 is 1.95 bits per heavy atom. The molecule has 0 heterocycles. The molecule has 0 aliphatic heterocycles. The third kappa shape index (κ3) is 4.35. The molecule has 1 nitrogen and oxygen atoms in total. The molecule has 1 aliphatic carbocycles. The summed E-state index contributed by atoms with van der Waals surface area (Å²) >= 11 is 5.53. The number of benzene rings is 2. The first-order valence-electron chi connectivity index (χ1n) is 7.41. The fourth-order valence-corrected chi connectivity index (χ4v) is 3.96. The lowest BCUT2D eigenvalue weighted by molar-refractivity contribution is 0.680. The van der Waals surface area contributed by atoms with Crippen molar-refractivity contribution in [2.24, 2.45) is 0 Å². The van der Waals surface area contributed by atoms with E-state index in [1.165, 1.54) is 34.4 Å². The SMILES string of the molecule is Cc1ccccc1CSc1cc(Br)ccc1CNC1CC1. The quantitative estimate of drug-likeness (QED) is 0.700. The van der Waals surface area contributed by atoms with Crippen LogP contribution in [-0.2, 0) is 12.3 Å². The standard InChI is InChI=1S/C18H20BrNS/c1-13-4-2-3-5-15(13)12-21-18-10-16(19)7-6-14(18)11-20-17-8-9-17/h2-7,10,17,20H,8-9,11-12H2,1H3. The van der Waals surface area contributed by atoms with Crippen LogP contribution < -0.4 is 5.32 Å². The Balaban J connectivity index is 1.70. The lowest BCUT2D eigenvalue weighted by Gasteiger charge is -2.12. The molecule has 0 spiro atoms. The fourth-order valence-electron chi connectivity index (χ4n) is 2.28. The Morgan fingerprint density at radius 1 is 1.14 bits per heavy atom. The highest BCUT2D eigenvalue weighted by atomic mass is 79.9. The van der Waals surface area contributed by atoms with Crippen molar-refractivity contribution in [3.63, 3.8) is 0 Å². The van der Waals surface area contributed by atoms with Gasteiger partial charge < -0.3 is 5.32 Å². The van der Waals surface area contributed by atoms with Crippen LogP contribution >= 0.6 is 27.7 Å². The first-order valence-corrected chi connectivity index (χ1v) is 9.19. The van der Waals surface area contributed by atoms with Gasteiger partial charge in [0.1, 0.15) is 0 Å². The van der Waals surface area contributed by atoms with E-state index in [-0.39, 0.29) is 0 Å². The highest BCUT2D eigenvalue weighted by Gasteiger charge is 2.20. The van der Waals surface area contributed by atoms with Crippen LogP contribution in [0.3, 0.4) is 0 Å². The monoisotopic (exact) mass is 361 g/mol. The molecule has 0 atom stereocenters. The maximum atomic E-state index is 3.61. The smallest absolute Gasteiger partial charge is 0.0234 e. The third-order valence-electron chi connectivity index (χ3n) is 3.83. The van der Waals surface area contributed by atoms with Crippen LogP contribution in [0.2, 0.25) is 0 Å². The molecule has 3 rings (SSSR count). The Hall–Kier alpha value is -0.770. The normalized spacial score (nSPS) is 14.4. The molecule has 0 bridgehead atoms. The van der Waals surface area contributed by atoms with Crippen molar-refractivity contribution in [3.8, 4) is 0 Å². The molecule has 2 aromatic carbocycles. The van der Waals surface area contributed by atoms with Gasteiger partial charge in [0.15, 0.2) is 0 Å². The molecule has 1 fully saturated rings. The minimum Gasteiger partial charge on any atom is -0.310 e. The van der Waals surface area contributed by atoms with Crippen LogP contribution in [0.5, 0.6) is 0 Å². The molecule has 1 N–H and O–H groups in total. The molecule has 0 saturated heterocycles. The summed E-state index contributed by atoms with van der Waals surface area (Å²) in [6.07, 6.45) is 2.67. The molecule has 0 aromatic heterocycles. The van der Waals surface area contributed by atoms with Gasteiger partial charge in [0, 0.05) is 27.7 Å². The molecule has 21 heavy (non-hydrogen) atoms. The highest BCUT2D eigenvalue weighted by Crippen LogP contribution is 2.30. The molecule has 0 unspecified atom stereocenters. The van der Waals surface area contributed by atoms with Gasteiger partial charge in [-0.1, -0.05) is 46.3 Å². The van der Waals surface area contributed by atoms with Crippen LogP contribution in [0.4, 0.5) is 0 Å². The van der Waals surface area contributed by atoms with Crippen molar-refractivity contribution < 1.29 is 0 Å². The summed E-state index contributed by atoms with van der Waals surface area (Å²) in [4.78, 5) is 1.38. The first-order chi connectivity index (χ1) is 10.2. The Labute approximate surface area is 139 Å². The molecule has 110 valence electrons. The van der Waals surface area contributed by atoms with E-state index in [1.54, 1.807) is 0 Å². The predicted molar refractivity (Wildman–Crippen MR) is 94.7 cm³/mol. The van der Waals surface area contributed by atoms with Gasteiger partial charge in [-0.3, -0.25) is 0 Å². The molecular weight excluding hydrogens is 342 g/mol. The zero-order valence-electron chi connectivity index (χ0n) is 12.2. The van der Waals surface area contributed by atoms with Gasteiger partial charge in [-0.25, -0.2) is 0 Å². The van der Waals surface area contributed by atoms with E-state index in [0.29, 0.717) is 0 Å². The summed E-state index contributed by atoms with van der Waals surface area (Å²) < 4.78 is 1.16. The van der Waals surface area contributed by atoms with Gasteiger partial charge in [0.25, 0.3) is 0 Å². The molecule has 2 aromatic rings. The topological polar surface area (TPSA) is 12.0 Å². The maximum absolute atomic E-state index is 3.61. The van der Waals surface area contributed by atoms with Crippen LogP contribution in [-0.4, -0.2) is 6.04 Å². The average Bonchev–Trinajstić information content (AvgIpc) is 3.30. The molecule has 1 saturated carbocycles. The number of aryl methyl sites for hydroxylation is 1. The van der Waals surface area contributed by atoms with Crippen molar-refractivity contribution in [3.05, 3.63) is 63.6 Å². The van der Waals surface area contributed by atoms with Crippen molar-refractivity contribution in [2.75, 3.05) is 0 Å².